The zero-order valence-corrected chi connectivity index (χ0v) is 9.67. The minimum atomic E-state index is -0.463. The van der Waals surface area contributed by atoms with Crippen LogP contribution in [-0.4, -0.2) is 18.6 Å². The quantitative estimate of drug-likeness (QED) is 0.758. The molecule has 1 aliphatic heterocycles. The second-order valence-electron chi connectivity index (χ2n) is 4.42. The van der Waals surface area contributed by atoms with Gasteiger partial charge in [-0.1, -0.05) is 17.7 Å². The monoisotopic (exact) mass is 237 g/mol. The predicted molar refractivity (Wildman–Crippen MR) is 60.4 cm³/mol. The van der Waals surface area contributed by atoms with Gasteiger partial charge in [-0.3, -0.25) is 10.1 Å². The molecule has 4 heteroatoms. The minimum Gasteiger partial charge on any atom is -0.468 e. The lowest BCUT2D eigenvalue weighted by Gasteiger charge is -2.24. The number of esters is 1. The van der Waals surface area contributed by atoms with Gasteiger partial charge in [0.05, 0.1) is 7.11 Å². The zero-order valence-electron chi connectivity index (χ0n) is 8.92. The molecule has 0 unspecified atom stereocenters. The van der Waals surface area contributed by atoms with Crippen molar-refractivity contribution in [3.8, 4) is 0 Å². The fraction of sp³-hybridized carbons (Fsp3) is 0.417. The third-order valence-electron chi connectivity index (χ3n) is 3.59. The van der Waals surface area contributed by atoms with E-state index in [1.54, 1.807) is 0 Å². The van der Waals surface area contributed by atoms with Gasteiger partial charge in [-0.05, 0) is 29.7 Å². The lowest BCUT2D eigenvalue weighted by atomic mass is 9.96. The van der Waals surface area contributed by atoms with E-state index in [4.69, 9.17) is 16.3 Å². The van der Waals surface area contributed by atoms with E-state index >= 15 is 0 Å². The number of carbonyl (C=O) groups excluding carboxylic acids is 1. The van der Waals surface area contributed by atoms with Gasteiger partial charge < -0.3 is 4.74 Å². The Morgan fingerprint density at radius 1 is 1.62 bits per heavy atom. The van der Waals surface area contributed by atoms with Crippen LogP contribution in [-0.2, 0) is 16.1 Å². The zero-order chi connectivity index (χ0) is 11.3. The third-order valence-corrected chi connectivity index (χ3v) is 3.82. The van der Waals surface area contributed by atoms with Crippen LogP contribution in [0.3, 0.4) is 0 Å². The number of fused-ring (bicyclic) bond motifs is 3. The molecule has 1 aromatic carbocycles. The number of carbonyl (C=O) groups is 1. The van der Waals surface area contributed by atoms with E-state index < -0.39 is 5.54 Å². The van der Waals surface area contributed by atoms with Gasteiger partial charge in [-0.2, -0.15) is 0 Å². The Balaban J connectivity index is 1.98. The summed E-state index contributed by atoms with van der Waals surface area (Å²) in [7, 11) is 1.44. The summed E-state index contributed by atoms with van der Waals surface area (Å²) in [6.45, 7) is 0.682. The number of hydrogen-bond donors (Lipinski definition) is 1. The summed E-state index contributed by atoms with van der Waals surface area (Å²) < 4.78 is 4.85. The van der Waals surface area contributed by atoms with Crippen molar-refractivity contribution in [1.29, 1.82) is 0 Å². The van der Waals surface area contributed by atoms with Gasteiger partial charge in [0, 0.05) is 17.5 Å². The first-order valence-electron chi connectivity index (χ1n) is 5.29. The average Bonchev–Trinajstić information content (AvgIpc) is 3.03. The van der Waals surface area contributed by atoms with Crippen molar-refractivity contribution in [2.24, 2.45) is 0 Å². The fourth-order valence-electron chi connectivity index (χ4n) is 2.63. The molecule has 0 aromatic heterocycles. The van der Waals surface area contributed by atoms with Gasteiger partial charge in [-0.25, -0.2) is 0 Å². The molecule has 0 spiro atoms. The smallest absolute Gasteiger partial charge is 0.326 e. The molecule has 2 aliphatic rings. The number of benzene rings is 1. The van der Waals surface area contributed by atoms with E-state index in [9.17, 15) is 4.79 Å². The molecule has 2 atom stereocenters. The second-order valence-corrected chi connectivity index (χ2v) is 4.85. The SMILES string of the molecule is COC(=O)[C@@]12C[C@@H]1c1ccc(Cl)cc1CN2. The summed E-state index contributed by atoms with van der Waals surface area (Å²) in [4.78, 5) is 11.7. The molecule has 1 saturated carbocycles. The van der Waals surface area contributed by atoms with E-state index in [1.807, 2.05) is 18.2 Å². The molecule has 3 nitrogen and oxygen atoms in total. The van der Waals surface area contributed by atoms with Crippen LogP contribution in [0.15, 0.2) is 18.2 Å². The van der Waals surface area contributed by atoms with Gasteiger partial charge in [0.1, 0.15) is 5.54 Å². The van der Waals surface area contributed by atoms with Crippen molar-refractivity contribution in [3.05, 3.63) is 34.3 Å². The topological polar surface area (TPSA) is 38.3 Å². The first kappa shape index (κ1) is 10.1. The number of hydrogen-bond acceptors (Lipinski definition) is 3. The third kappa shape index (κ3) is 1.22. The van der Waals surface area contributed by atoms with Crippen LogP contribution < -0.4 is 5.32 Å². The first-order valence-corrected chi connectivity index (χ1v) is 5.67. The van der Waals surface area contributed by atoms with Gasteiger partial charge in [0.15, 0.2) is 0 Å². The molecule has 0 radical (unpaired) electrons. The van der Waals surface area contributed by atoms with Gasteiger partial charge in [0.25, 0.3) is 0 Å². The lowest BCUT2D eigenvalue weighted by molar-refractivity contribution is -0.144. The fourth-order valence-corrected chi connectivity index (χ4v) is 2.83. The molecule has 3 rings (SSSR count). The number of rotatable bonds is 1. The minimum absolute atomic E-state index is 0.155. The van der Waals surface area contributed by atoms with Gasteiger partial charge in [0.2, 0.25) is 0 Å². The highest BCUT2D eigenvalue weighted by Gasteiger charge is 2.63. The highest BCUT2D eigenvalue weighted by atomic mass is 35.5. The molecule has 1 heterocycles. The summed E-state index contributed by atoms with van der Waals surface area (Å²) in [5.74, 6) is 0.0964. The van der Waals surface area contributed by atoms with Crippen LogP contribution in [0.1, 0.15) is 23.5 Å². The molecule has 1 aliphatic carbocycles. The maximum Gasteiger partial charge on any atom is 0.326 e. The molecule has 0 amide bonds. The lowest BCUT2D eigenvalue weighted by Crippen LogP contribution is -2.43. The van der Waals surface area contributed by atoms with E-state index in [-0.39, 0.29) is 11.9 Å². The molecular formula is C12H12ClNO2. The molecular weight excluding hydrogens is 226 g/mol. The molecule has 1 N–H and O–H groups in total. The Morgan fingerprint density at radius 3 is 3.19 bits per heavy atom. The van der Waals surface area contributed by atoms with E-state index in [1.165, 1.54) is 18.2 Å². The van der Waals surface area contributed by atoms with Crippen LogP contribution in [0.5, 0.6) is 0 Å². The summed E-state index contributed by atoms with van der Waals surface area (Å²) in [6, 6.07) is 5.86. The summed E-state index contributed by atoms with van der Waals surface area (Å²) in [6.07, 6.45) is 0.828. The maximum absolute atomic E-state index is 11.7. The molecule has 84 valence electrons. The van der Waals surface area contributed by atoms with Crippen LogP contribution in [0.25, 0.3) is 0 Å². The Hall–Kier alpha value is -1.06. The van der Waals surface area contributed by atoms with Crippen molar-refractivity contribution in [3.63, 3.8) is 0 Å². The summed E-state index contributed by atoms with van der Waals surface area (Å²) in [5.41, 5.74) is 1.96. The van der Waals surface area contributed by atoms with Crippen LogP contribution in [0.2, 0.25) is 5.02 Å². The number of methoxy groups -OCH3 is 1. The van der Waals surface area contributed by atoms with Crippen LogP contribution >= 0.6 is 11.6 Å². The summed E-state index contributed by atoms with van der Waals surface area (Å²) in [5, 5.41) is 4.01. The second kappa shape index (κ2) is 3.22. The van der Waals surface area contributed by atoms with Gasteiger partial charge >= 0.3 is 5.97 Å². The van der Waals surface area contributed by atoms with Crippen molar-refractivity contribution in [2.75, 3.05) is 7.11 Å². The van der Waals surface area contributed by atoms with Crippen molar-refractivity contribution in [2.45, 2.75) is 24.4 Å². The molecule has 0 saturated heterocycles. The number of nitrogens with one attached hydrogen (secondary N) is 1. The van der Waals surface area contributed by atoms with Crippen LogP contribution in [0, 0.1) is 0 Å². The van der Waals surface area contributed by atoms with Crippen molar-refractivity contribution < 1.29 is 9.53 Å². The largest absolute Gasteiger partial charge is 0.468 e. The van der Waals surface area contributed by atoms with E-state index in [0.29, 0.717) is 6.54 Å². The average molecular weight is 238 g/mol. The highest BCUT2D eigenvalue weighted by Crippen LogP contribution is 2.55. The molecule has 0 bridgehead atoms. The maximum atomic E-state index is 11.7. The Labute approximate surface area is 98.7 Å². The number of halogens is 1. The predicted octanol–water partition coefficient (Wildman–Crippen LogP) is 1.84. The summed E-state index contributed by atoms with van der Waals surface area (Å²) >= 11 is 5.94. The molecule has 16 heavy (non-hydrogen) atoms. The first-order chi connectivity index (χ1) is 7.67. The van der Waals surface area contributed by atoms with Gasteiger partial charge in [-0.15, -0.1) is 0 Å². The normalized spacial score (nSPS) is 30.2. The van der Waals surface area contributed by atoms with E-state index in [0.717, 1.165) is 11.4 Å². The number of ether oxygens (including phenoxy) is 1. The molecule has 1 aromatic rings. The van der Waals surface area contributed by atoms with Crippen molar-refractivity contribution in [1.82, 2.24) is 5.32 Å². The Kier molecular flexibility index (Phi) is 2.03. The molecule has 1 fully saturated rings. The Bertz CT molecular complexity index is 474. The van der Waals surface area contributed by atoms with E-state index in [2.05, 4.69) is 5.32 Å². The Morgan fingerprint density at radius 2 is 2.44 bits per heavy atom. The highest BCUT2D eigenvalue weighted by molar-refractivity contribution is 6.30. The standard InChI is InChI=1S/C12H12ClNO2/c1-16-11(15)12-5-10(12)9-3-2-8(13)4-7(9)6-14-12/h2-4,10,14H,5-6H2,1H3/t10-,12-/m1/s1. The van der Waals surface area contributed by atoms with Crippen LogP contribution in [0.4, 0.5) is 0 Å². The van der Waals surface area contributed by atoms with Crippen molar-refractivity contribution >= 4 is 17.6 Å².